The van der Waals surface area contributed by atoms with Gasteiger partial charge in [-0.1, -0.05) is 0 Å². The number of rotatable bonds is 3. The van der Waals surface area contributed by atoms with Crippen LogP contribution in [0.5, 0.6) is 0 Å². The minimum Gasteiger partial charge on any atom is -0.342 e. The Morgan fingerprint density at radius 1 is 1.18 bits per heavy atom. The van der Waals surface area contributed by atoms with Crippen molar-refractivity contribution >= 4 is 5.91 Å². The highest BCUT2D eigenvalue weighted by atomic mass is 19.1. The van der Waals surface area contributed by atoms with Gasteiger partial charge in [0.25, 0.3) is 11.5 Å². The zero-order valence-electron chi connectivity index (χ0n) is 15.0. The van der Waals surface area contributed by atoms with Gasteiger partial charge in [-0.25, -0.2) is 9.97 Å². The van der Waals surface area contributed by atoms with E-state index >= 15 is 0 Å². The lowest BCUT2D eigenvalue weighted by Gasteiger charge is -2.20. The lowest BCUT2D eigenvalue weighted by molar-refractivity contribution is 0.0927. The highest BCUT2D eigenvalue weighted by molar-refractivity contribution is 5.94. The van der Waals surface area contributed by atoms with Crippen LogP contribution < -0.4 is 10.9 Å². The Balaban J connectivity index is 1.73. The van der Waals surface area contributed by atoms with E-state index in [9.17, 15) is 14.0 Å². The second kappa shape index (κ2) is 7.67. The molecule has 0 saturated heterocycles. The molecule has 1 atom stereocenters. The molecule has 8 heteroatoms. The van der Waals surface area contributed by atoms with Gasteiger partial charge in [-0.05, 0) is 43.5 Å². The van der Waals surface area contributed by atoms with Crippen LogP contribution in [0, 0.1) is 5.95 Å². The van der Waals surface area contributed by atoms with E-state index in [1.54, 1.807) is 29.1 Å². The molecule has 3 aromatic rings. The number of nitrogens with zero attached hydrogens (tertiary/aromatic N) is 4. The fourth-order valence-electron chi connectivity index (χ4n) is 3.36. The molecule has 0 aliphatic carbocycles. The summed E-state index contributed by atoms with van der Waals surface area (Å²) < 4.78 is 15.5. The summed E-state index contributed by atoms with van der Waals surface area (Å²) in [5.41, 5.74) is 0.979. The molecular formula is C20H18FN5O2. The highest BCUT2D eigenvalue weighted by Gasteiger charge is 2.25. The van der Waals surface area contributed by atoms with Gasteiger partial charge < -0.3 is 5.32 Å². The maximum Gasteiger partial charge on any atom is 0.256 e. The average molecular weight is 379 g/mol. The molecule has 3 aromatic heterocycles. The van der Waals surface area contributed by atoms with Crippen molar-refractivity contribution in [2.75, 3.05) is 0 Å². The van der Waals surface area contributed by atoms with E-state index in [-0.39, 0.29) is 11.1 Å². The molecule has 0 radical (unpaired) electrons. The Hall–Kier alpha value is -3.42. The van der Waals surface area contributed by atoms with Gasteiger partial charge in [0.05, 0.1) is 17.3 Å². The first kappa shape index (κ1) is 18.0. The van der Waals surface area contributed by atoms with Gasteiger partial charge in [0, 0.05) is 36.8 Å². The smallest absolute Gasteiger partial charge is 0.256 e. The van der Waals surface area contributed by atoms with Crippen LogP contribution in [0.1, 0.15) is 41.5 Å². The Morgan fingerprint density at radius 3 is 2.79 bits per heavy atom. The van der Waals surface area contributed by atoms with Crippen molar-refractivity contribution in [1.82, 2.24) is 24.8 Å². The number of hydrogen-bond donors (Lipinski definition) is 1. The fraction of sp³-hybridized carbons (Fsp3) is 0.250. The summed E-state index contributed by atoms with van der Waals surface area (Å²) in [6.45, 7) is 0.533. The first-order valence-corrected chi connectivity index (χ1v) is 9.07. The molecule has 4 rings (SSSR count). The zero-order valence-corrected chi connectivity index (χ0v) is 15.0. The van der Waals surface area contributed by atoms with E-state index in [0.717, 1.165) is 18.4 Å². The second-order valence-electron chi connectivity index (χ2n) is 6.59. The molecule has 0 saturated carbocycles. The number of nitrogens with one attached hydrogen (secondary N) is 1. The zero-order chi connectivity index (χ0) is 19.5. The minimum absolute atomic E-state index is 0.133. The van der Waals surface area contributed by atoms with Crippen molar-refractivity contribution in [3.05, 3.63) is 76.6 Å². The van der Waals surface area contributed by atoms with E-state index in [0.29, 0.717) is 24.5 Å². The second-order valence-corrected chi connectivity index (χ2v) is 6.59. The lowest BCUT2D eigenvalue weighted by atomic mass is 10.1. The highest BCUT2D eigenvalue weighted by Crippen LogP contribution is 2.24. The van der Waals surface area contributed by atoms with Crippen LogP contribution in [-0.4, -0.2) is 25.4 Å². The largest absolute Gasteiger partial charge is 0.342 e. The summed E-state index contributed by atoms with van der Waals surface area (Å²) in [4.78, 5) is 37.4. The van der Waals surface area contributed by atoms with Crippen molar-refractivity contribution in [2.24, 2.45) is 0 Å². The Kier molecular flexibility index (Phi) is 4.92. The predicted molar refractivity (Wildman–Crippen MR) is 100.0 cm³/mol. The van der Waals surface area contributed by atoms with Gasteiger partial charge in [-0.15, -0.1) is 0 Å². The number of carbonyl (C=O) groups excluding carboxylic acids is 1. The Labute approximate surface area is 160 Å². The van der Waals surface area contributed by atoms with E-state index in [1.807, 2.05) is 0 Å². The van der Waals surface area contributed by atoms with Gasteiger partial charge >= 0.3 is 0 Å². The molecule has 142 valence electrons. The van der Waals surface area contributed by atoms with Crippen LogP contribution >= 0.6 is 0 Å². The predicted octanol–water partition coefficient (Wildman–Crippen LogP) is 2.49. The van der Waals surface area contributed by atoms with Gasteiger partial charge in [0.1, 0.15) is 5.82 Å². The molecule has 1 aliphatic heterocycles. The lowest BCUT2D eigenvalue weighted by Crippen LogP contribution is -2.34. The van der Waals surface area contributed by atoms with Gasteiger partial charge in [-0.3, -0.25) is 19.1 Å². The van der Waals surface area contributed by atoms with Crippen molar-refractivity contribution < 1.29 is 9.18 Å². The third-order valence-corrected chi connectivity index (χ3v) is 4.76. The van der Waals surface area contributed by atoms with Crippen LogP contribution in [-0.2, 0) is 6.54 Å². The van der Waals surface area contributed by atoms with E-state index in [1.165, 1.54) is 24.4 Å². The van der Waals surface area contributed by atoms with Gasteiger partial charge in [0.2, 0.25) is 5.95 Å². The average Bonchev–Trinajstić information content (AvgIpc) is 2.92. The molecule has 1 amide bonds. The van der Waals surface area contributed by atoms with Crippen LogP contribution in [0.15, 0.2) is 53.7 Å². The molecule has 0 fully saturated rings. The number of aromatic nitrogens is 4. The van der Waals surface area contributed by atoms with E-state index in [2.05, 4.69) is 20.3 Å². The molecule has 1 N–H and O–H groups in total. The third kappa shape index (κ3) is 3.53. The minimum atomic E-state index is -0.829. The van der Waals surface area contributed by atoms with Gasteiger partial charge in [-0.2, -0.15) is 4.39 Å². The summed E-state index contributed by atoms with van der Waals surface area (Å²) >= 11 is 0. The third-order valence-electron chi connectivity index (χ3n) is 4.76. The Morgan fingerprint density at radius 2 is 2.00 bits per heavy atom. The van der Waals surface area contributed by atoms with E-state index in [4.69, 9.17) is 0 Å². The van der Waals surface area contributed by atoms with Crippen LogP contribution in [0.25, 0.3) is 11.3 Å². The Bertz CT molecular complexity index is 1070. The summed E-state index contributed by atoms with van der Waals surface area (Å²) in [5, 5.41) is 2.82. The summed E-state index contributed by atoms with van der Waals surface area (Å²) in [6, 6.07) is 7.42. The van der Waals surface area contributed by atoms with Crippen LogP contribution in [0.2, 0.25) is 0 Å². The summed E-state index contributed by atoms with van der Waals surface area (Å²) in [7, 11) is 0. The number of fused-ring (bicyclic) bond motifs is 1. The molecule has 0 spiro atoms. The number of pyridine rings is 2. The normalized spacial score (nSPS) is 16.1. The number of amides is 1. The standard InChI is InChI=1S/C20H18FN5O2/c21-18-14(4-3-8-23-18)20(28)25-15-5-1-2-11-26-17(27)12-16(24-19(15)26)13-6-9-22-10-7-13/h3-4,6-10,12,15H,1-2,5,11H2,(H,25,28). The molecular weight excluding hydrogens is 361 g/mol. The van der Waals surface area contributed by atoms with Crippen molar-refractivity contribution in [1.29, 1.82) is 0 Å². The molecule has 0 aromatic carbocycles. The van der Waals surface area contributed by atoms with E-state index < -0.39 is 17.9 Å². The molecule has 1 unspecified atom stereocenters. The number of halogens is 1. The maximum atomic E-state index is 13.9. The van der Waals surface area contributed by atoms with Gasteiger partial charge in [0.15, 0.2) is 0 Å². The van der Waals surface area contributed by atoms with Crippen molar-refractivity contribution in [2.45, 2.75) is 31.8 Å². The van der Waals surface area contributed by atoms with Crippen LogP contribution in [0.4, 0.5) is 4.39 Å². The molecule has 4 heterocycles. The van der Waals surface area contributed by atoms with Crippen LogP contribution in [0.3, 0.4) is 0 Å². The maximum absolute atomic E-state index is 13.9. The molecule has 7 nitrogen and oxygen atoms in total. The number of hydrogen-bond acceptors (Lipinski definition) is 5. The van der Waals surface area contributed by atoms with Crippen molar-refractivity contribution in [3.8, 4) is 11.3 Å². The monoisotopic (exact) mass is 379 g/mol. The van der Waals surface area contributed by atoms with Crippen molar-refractivity contribution in [3.63, 3.8) is 0 Å². The SMILES string of the molecule is O=C(NC1CCCCn2c1nc(-c1ccncc1)cc2=O)c1cccnc1F. The summed E-state index contributed by atoms with van der Waals surface area (Å²) in [6.07, 6.45) is 6.77. The molecule has 0 bridgehead atoms. The first-order chi connectivity index (χ1) is 13.6. The molecule has 1 aliphatic rings. The number of carbonyl (C=O) groups is 1. The quantitative estimate of drug-likeness (QED) is 0.706. The fourth-order valence-corrected chi connectivity index (χ4v) is 3.36. The summed E-state index contributed by atoms with van der Waals surface area (Å²) in [5.74, 6) is -0.924. The topological polar surface area (TPSA) is 89.8 Å². The first-order valence-electron chi connectivity index (χ1n) is 9.07. The molecule has 28 heavy (non-hydrogen) atoms.